The highest BCUT2D eigenvalue weighted by molar-refractivity contribution is 7.10. The zero-order chi connectivity index (χ0) is 11.8. The highest BCUT2D eigenvalue weighted by atomic mass is 32.1. The summed E-state index contributed by atoms with van der Waals surface area (Å²) < 4.78 is 0. The molecule has 94 valence electrons. The molecule has 0 spiro atoms. The molecular weight excluding hydrogens is 228 g/mol. The Hall–Kier alpha value is -0.380. The molecular formula is C14H22N2S. The molecule has 1 N–H and O–H groups in total. The zero-order valence-electron chi connectivity index (χ0n) is 10.8. The lowest BCUT2D eigenvalue weighted by molar-refractivity contribution is 0.255. The predicted molar refractivity (Wildman–Crippen MR) is 73.5 cm³/mol. The number of likely N-dealkylation sites (tertiary alicyclic amines) is 1. The molecule has 1 aliphatic carbocycles. The third-order valence-electron chi connectivity index (χ3n) is 4.16. The molecule has 2 fully saturated rings. The molecule has 1 aromatic heterocycles. The van der Waals surface area contributed by atoms with E-state index in [1.165, 1.54) is 36.2 Å². The van der Waals surface area contributed by atoms with Crippen molar-refractivity contribution < 1.29 is 0 Å². The van der Waals surface area contributed by atoms with E-state index in [1.807, 2.05) is 11.3 Å². The minimum atomic E-state index is 0.701. The van der Waals surface area contributed by atoms with Crippen molar-refractivity contribution in [2.24, 2.45) is 0 Å². The van der Waals surface area contributed by atoms with Gasteiger partial charge < -0.3 is 5.32 Å². The Bertz CT molecular complexity index is 383. The van der Waals surface area contributed by atoms with Gasteiger partial charge in [-0.1, -0.05) is 0 Å². The molecule has 3 heteroatoms. The van der Waals surface area contributed by atoms with Crippen molar-refractivity contribution in [1.82, 2.24) is 10.2 Å². The largest absolute Gasteiger partial charge is 0.308 e. The summed E-state index contributed by atoms with van der Waals surface area (Å²) in [4.78, 5) is 4.21. The number of hydrogen-bond donors (Lipinski definition) is 1. The highest BCUT2D eigenvalue weighted by Crippen LogP contribution is 2.33. The lowest BCUT2D eigenvalue weighted by Gasteiger charge is -2.19. The molecule has 0 bridgehead atoms. The Balaban J connectivity index is 1.51. The van der Waals surface area contributed by atoms with E-state index < -0.39 is 0 Å². The van der Waals surface area contributed by atoms with Crippen LogP contribution in [0.25, 0.3) is 0 Å². The smallest absolute Gasteiger partial charge is 0.0305 e. The second-order valence-corrected chi connectivity index (χ2v) is 6.62. The van der Waals surface area contributed by atoms with Gasteiger partial charge in [-0.25, -0.2) is 0 Å². The first-order valence-corrected chi connectivity index (χ1v) is 7.64. The maximum atomic E-state index is 3.74. The summed E-state index contributed by atoms with van der Waals surface area (Å²) in [7, 11) is 0. The van der Waals surface area contributed by atoms with Crippen LogP contribution in [0.15, 0.2) is 11.4 Å². The van der Waals surface area contributed by atoms with E-state index in [0.29, 0.717) is 6.04 Å². The lowest BCUT2D eigenvalue weighted by atomic mass is 10.2. The molecule has 0 aromatic carbocycles. The standard InChI is InChI=1S/C14H22N2S/c1-10-5-6-17-14(10)8-15-12-7-11(2)16(9-12)13-3-4-13/h5-6,11-13,15H,3-4,7-9H2,1-2H3. The number of nitrogens with one attached hydrogen (secondary N) is 1. The van der Waals surface area contributed by atoms with Crippen molar-refractivity contribution >= 4 is 11.3 Å². The van der Waals surface area contributed by atoms with E-state index in [1.54, 1.807) is 0 Å². The Morgan fingerprint density at radius 2 is 2.29 bits per heavy atom. The molecule has 1 saturated heterocycles. The van der Waals surface area contributed by atoms with Crippen LogP contribution < -0.4 is 5.32 Å². The fourth-order valence-electron chi connectivity index (χ4n) is 2.94. The molecule has 2 aliphatic rings. The number of hydrogen-bond acceptors (Lipinski definition) is 3. The van der Waals surface area contributed by atoms with Crippen LogP contribution in [0.1, 0.15) is 36.6 Å². The van der Waals surface area contributed by atoms with Crippen molar-refractivity contribution in [2.45, 2.75) is 57.8 Å². The quantitative estimate of drug-likeness (QED) is 0.884. The molecule has 3 rings (SSSR count). The van der Waals surface area contributed by atoms with Crippen LogP contribution in [0, 0.1) is 6.92 Å². The number of aryl methyl sites for hydroxylation is 1. The maximum absolute atomic E-state index is 3.74. The van der Waals surface area contributed by atoms with Crippen LogP contribution in [-0.4, -0.2) is 29.6 Å². The predicted octanol–water partition coefficient (Wildman–Crippen LogP) is 2.77. The Morgan fingerprint density at radius 1 is 1.47 bits per heavy atom. The summed E-state index contributed by atoms with van der Waals surface area (Å²) in [5.74, 6) is 0. The molecule has 0 radical (unpaired) electrons. The van der Waals surface area contributed by atoms with E-state index in [2.05, 4.69) is 35.5 Å². The van der Waals surface area contributed by atoms with Crippen LogP contribution in [0.4, 0.5) is 0 Å². The van der Waals surface area contributed by atoms with Gasteiger partial charge in [-0.3, -0.25) is 4.90 Å². The van der Waals surface area contributed by atoms with Gasteiger partial charge in [0.05, 0.1) is 0 Å². The zero-order valence-corrected chi connectivity index (χ0v) is 11.6. The monoisotopic (exact) mass is 250 g/mol. The fourth-order valence-corrected chi connectivity index (χ4v) is 3.80. The minimum absolute atomic E-state index is 0.701. The summed E-state index contributed by atoms with van der Waals surface area (Å²) in [5, 5.41) is 5.93. The Morgan fingerprint density at radius 3 is 2.94 bits per heavy atom. The van der Waals surface area contributed by atoms with E-state index in [0.717, 1.165) is 18.6 Å². The van der Waals surface area contributed by atoms with Crippen LogP contribution in [0.2, 0.25) is 0 Å². The summed E-state index contributed by atoms with van der Waals surface area (Å²) >= 11 is 1.88. The van der Waals surface area contributed by atoms with Gasteiger partial charge in [-0.15, -0.1) is 11.3 Å². The molecule has 1 saturated carbocycles. The van der Waals surface area contributed by atoms with Gasteiger partial charge in [0.1, 0.15) is 0 Å². The van der Waals surface area contributed by atoms with E-state index in [-0.39, 0.29) is 0 Å². The van der Waals surface area contributed by atoms with Gasteiger partial charge in [0.2, 0.25) is 0 Å². The molecule has 0 amide bonds. The van der Waals surface area contributed by atoms with Crippen LogP contribution in [0.3, 0.4) is 0 Å². The fraction of sp³-hybridized carbons (Fsp3) is 0.714. The second-order valence-electron chi connectivity index (χ2n) is 5.62. The summed E-state index contributed by atoms with van der Waals surface area (Å²) in [6.45, 7) is 6.91. The average Bonchev–Trinajstić information content (AvgIpc) is 2.96. The number of rotatable bonds is 4. The summed E-state index contributed by atoms with van der Waals surface area (Å²) in [6, 6.07) is 4.62. The van der Waals surface area contributed by atoms with Crippen molar-refractivity contribution in [3.8, 4) is 0 Å². The molecule has 2 nitrogen and oxygen atoms in total. The SMILES string of the molecule is Cc1ccsc1CNC1CC(C)N(C2CC2)C1. The first-order chi connectivity index (χ1) is 8.24. The van der Waals surface area contributed by atoms with Gasteiger partial charge in [-0.05, 0) is 50.1 Å². The van der Waals surface area contributed by atoms with Crippen LogP contribution in [-0.2, 0) is 6.54 Å². The van der Waals surface area contributed by atoms with Crippen molar-refractivity contribution in [1.29, 1.82) is 0 Å². The van der Waals surface area contributed by atoms with E-state index in [9.17, 15) is 0 Å². The third kappa shape index (κ3) is 2.56. The third-order valence-corrected chi connectivity index (χ3v) is 5.18. The van der Waals surface area contributed by atoms with Gasteiger partial charge in [0.15, 0.2) is 0 Å². The first-order valence-electron chi connectivity index (χ1n) is 6.76. The molecule has 1 aliphatic heterocycles. The van der Waals surface area contributed by atoms with E-state index in [4.69, 9.17) is 0 Å². The minimum Gasteiger partial charge on any atom is -0.308 e. The summed E-state index contributed by atoms with van der Waals surface area (Å²) in [6.07, 6.45) is 4.18. The molecule has 2 unspecified atom stereocenters. The topological polar surface area (TPSA) is 15.3 Å². The van der Waals surface area contributed by atoms with Gasteiger partial charge in [0, 0.05) is 36.1 Å². The summed E-state index contributed by atoms with van der Waals surface area (Å²) in [5.41, 5.74) is 1.44. The Kier molecular flexibility index (Phi) is 3.24. The van der Waals surface area contributed by atoms with E-state index >= 15 is 0 Å². The van der Waals surface area contributed by atoms with Gasteiger partial charge in [0.25, 0.3) is 0 Å². The molecule has 2 heterocycles. The van der Waals surface area contributed by atoms with Crippen molar-refractivity contribution in [2.75, 3.05) is 6.54 Å². The number of thiophene rings is 1. The molecule has 1 aromatic rings. The van der Waals surface area contributed by atoms with Gasteiger partial charge in [-0.2, -0.15) is 0 Å². The maximum Gasteiger partial charge on any atom is 0.0305 e. The molecule has 2 atom stereocenters. The second kappa shape index (κ2) is 4.71. The highest BCUT2D eigenvalue weighted by Gasteiger charge is 2.38. The molecule has 17 heavy (non-hydrogen) atoms. The lowest BCUT2D eigenvalue weighted by Crippen LogP contribution is -2.33. The normalized spacial score (nSPS) is 30.0. The van der Waals surface area contributed by atoms with Crippen molar-refractivity contribution in [3.63, 3.8) is 0 Å². The van der Waals surface area contributed by atoms with Crippen molar-refractivity contribution in [3.05, 3.63) is 21.9 Å². The van der Waals surface area contributed by atoms with Crippen LogP contribution >= 0.6 is 11.3 Å². The van der Waals surface area contributed by atoms with Gasteiger partial charge >= 0.3 is 0 Å². The first kappa shape index (κ1) is 11.7. The average molecular weight is 250 g/mol. The van der Waals surface area contributed by atoms with Crippen LogP contribution in [0.5, 0.6) is 0 Å². The Labute approximate surface area is 108 Å². The number of nitrogens with zero attached hydrogens (tertiary/aromatic N) is 1.